The molecule has 6 heteroatoms. The highest BCUT2D eigenvalue weighted by Crippen LogP contribution is 2.21. The fraction of sp³-hybridized carbons (Fsp3) is 0.429. The number of para-hydroxylation sites is 1. The molecular formula is C14H17N3O2S. The topological polar surface area (TPSA) is 63.2 Å². The number of fused-ring (bicyclic) bond motifs is 1. The van der Waals surface area contributed by atoms with E-state index in [-0.39, 0.29) is 6.03 Å². The fourth-order valence-electron chi connectivity index (χ4n) is 2.20. The van der Waals surface area contributed by atoms with Crippen molar-refractivity contribution in [3.63, 3.8) is 0 Å². The zero-order valence-electron chi connectivity index (χ0n) is 11.1. The van der Waals surface area contributed by atoms with Crippen molar-refractivity contribution < 1.29 is 9.53 Å². The van der Waals surface area contributed by atoms with Gasteiger partial charge < -0.3 is 15.4 Å². The van der Waals surface area contributed by atoms with Crippen molar-refractivity contribution in [1.82, 2.24) is 15.6 Å². The van der Waals surface area contributed by atoms with Crippen molar-refractivity contribution in [3.05, 3.63) is 29.3 Å². The first kappa shape index (κ1) is 13.3. The molecule has 0 saturated carbocycles. The van der Waals surface area contributed by atoms with Crippen molar-refractivity contribution in [3.8, 4) is 0 Å². The van der Waals surface area contributed by atoms with Crippen LogP contribution in [0.1, 0.15) is 11.4 Å². The minimum atomic E-state index is -0.142. The van der Waals surface area contributed by atoms with Gasteiger partial charge in [0.05, 0.1) is 23.4 Å². The number of ether oxygens (including phenoxy) is 1. The highest BCUT2D eigenvalue weighted by atomic mass is 32.1. The number of carbonyl (C=O) groups excluding carboxylic acids is 1. The number of hydrogen-bond donors (Lipinski definition) is 2. The molecule has 0 unspecified atom stereocenters. The third-order valence-corrected chi connectivity index (χ3v) is 4.35. The Morgan fingerprint density at radius 2 is 2.30 bits per heavy atom. The van der Waals surface area contributed by atoms with E-state index >= 15 is 0 Å². The Bertz CT molecular complexity index is 560. The maximum Gasteiger partial charge on any atom is 0.315 e. The molecule has 1 atom stereocenters. The number of benzene rings is 1. The maximum absolute atomic E-state index is 11.7. The third-order valence-electron chi connectivity index (χ3n) is 3.31. The minimum Gasteiger partial charge on any atom is -0.381 e. The quantitative estimate of drug-likeness (QED) is 0.907. The molecule has 0 bridgehead atoms. The second-order valence-electron chi connectivity index (χ2n) is 4.87. The highest BCUT2D eigenvalue weighted by Gasteiger charge is 2.16. The van der Waals surface area contributed by atoms with E-state index in [1.54, 1.807) is 11.3 Å². The van der Waals surface area contributed by atoms with E-state index in [9.17, 15) is 4.79 Å². The molecule has 3 rings (SSSR count). The number of amides is 2. The molecule has 1 aliphatic rings. The predicted octanol–water partition coefficient (Wildman–Crippen LogP) is 2.13. The standard InChI is InChI=1S/C14H17N3O2S/c18-14(15-7-10-5-6-19-9-10)16-8-13-17-11-3-1-2-4-12(11)20-13/h1-4,10H,5-9H2,(H2,15,16,18)/t10-/m1/s1. The summed E-state index contributed by atoms with van der Waals surface area (Å²) in [5.41, 5.74) is 0.984. The van der Waals surface area contributed by atoms with Gasteiger partial charge in [-0.1, -0.05) is 12.1 Å². The number of hydrogen-bond acceptors (Lipinski definition) is 4. The number of rotatable bonds is 4. The summed E-state index contributed by atoms with van der Waals surface area (Å²) in [6.45, 7) is 2.69. The molecule has 2 heterocycles. The summed E-state index contributed by atoms with van der Waals surface area (Å²) < 4.78 is 6.42. The third kappa shape index (κ3) is 3.26. The van der Waals surface area contributed by atoms with Crippen LogP contribution < -0.4 is 10.6 Å². The molecule has 0 radical (unpaired) electrons. The molecule has 1 saturated heterocycles. The molecule has 2 aromatic rings. The van der Waals surface area contributed by atoms with Crippen molar-refractivity contribution in [2.45, 2.75) is 13.0 Å². The van der Waals surface area contributed by atoms with E-state index in [0.29, 0.717) is 19.0 Å². The Labute approximate surface area is 121 Å². The van der Waals surface area contributed by atoms with Crippen LogP contribution in [-0.4, -0.2) is 30.8 Å². The Kier molecular flexibility index (Phi) is 4.13. The monoisotopic (exact) mass is 291 g/mol. The van der Waals surface area contributed by atoms with Gasteiger partial charge in [-0.25, -0.2) is 9.78 Å². The molecule has 1 aromatic carbocycles. The summed E-state index contributed by atoms with van der Waals surface area (Å²) in [4.78, 5) is 16.2. The van der Waals surface area contributed by atoms with Gasteiger partial charge in [0.2, 0.25) is 0 Å². The summed E-state index contributed by atoms with van der Waals surface area (Å²) in [5, 5.41) is 6.64. The summed E-state index contributed by atoms with van der Waals surface area (Å²) in [6, 6.07) is 7.84. The number of carbonyl (C=O) groups is 1. The highest BCUT2D eigenvalue weighted by molar-refractivity contribution is 7.18. The van der Waals surface area contributed by atoms with E-state index in [0.717, 1.165) is 34.9 Å². The largest absolute Gasteiger partial charge is 0.381 e. The second-order valence-corrected chi connectivity index (χ2v) is 5.98. The molecule has 0 spiro atoms. The zero-order valence-corrected chi connectivity index (χ0v) is 11.9. The van der Waals surface area contributed by atoms with Gasteiger partial charge >= 0.3 is 6.03 Å². The van der Waals surface area contributed by atoms with Gasteiger partial charge in [0.1, 0.15) is 5.01 Å². The van der Waals surface area contributed by atoms with E-state index in [1.165, 1.54) is 0 Å². The zero-order chi connectivity index (χ0) is 13.8. The Morgan fingerprint density at radius 3 is 3.10 bits per heavy atom. The average molecular weight is 291 g/mol. The minimum absolute atomic E-state index is 0.142. The molecule has 2 amide bonds. The van der Waals surface area contributed by atoms with Crippen molar-refractivity contribution in [2.75, 3.05) is 19.8 Å². The summed E-state index contributed by atoms with van der Waals surface area (Å²) >= 11 is 1.61. The van der Waals surface area contributed by atoms with E-state index < -0.39 is 0 Å². The molecule has 1 aliphatic heterocycles. The number of nitrogens with one attached hydrogen (secondary N) is 2. The molecule has 106 valence electrons. The molecule has 2 N–H and O–H groups in total. The molecule has 20 heavy (non-hydrogen) atoms. The van der Waals surface area contributed by atoms with Gasteiger partial charge in [-0.2, -0.15) is 0 Å². The van der Waals surface area contributed by atoms with Gasteiger partial charge in [0.15, 0.2) is 0 Å². The lowest BCUT2D eigenvalue weighted by molar-refractivity contribution is 0.185. The molecule has 0 aliphatic carbocycles. The Hall–Kier alpha value is -1.66. The molecular weight excluding hydrogens is 274 g/mol. The van der Waals surface area contributed by atoms with Gasteiger partial charge in [0, 0.05) is 19.1 Å². The number of thiazole rings is 1. The van der Waals surface area contributed by atoms with Crippen LogP contribution in [0.4, 0.5) is 4.79 Å². The SMILES string of the molecule is O=C(NCc1nc2ccccc2s1)NC[C@H]1CCOC1. The van der Waals surface area contributed by atoms with E-state index in [1.807, 2.05) is 24.3 Å². The molecule has 1 fully saturated rings. The van der Waals surface area contributed by atoms with Crippen LogP contribution in [0.25, 0.3) is 10.2 Å². The number of urea groups is 1. The maximum atomic E-state index is 11.7. The second kappa shape index (κ2) is 6.19. The summed E-state index contributed by atoms with van der Waals surface area (Å²) in [5.74, 6) is 0.447. The first-order valence-electron chi connectivity index (χ1n) is 6.75. The van der Waals surface area contributed by atoms with Crippen molar-refractivity contribution in [1.29, 1.82) is 0 Å². The van der Waals surface area contributed by atoms with Crippen LogP contribution >= 0.6 is 11.3 Å². The van der Waals surface area contributed by atoms with Crippen LogP contribution in [-0.2, 0) is 11.3 Å². The van der Waals surface area contributed by atoms with E-state index in [4.69, 9.17) is 4.74 Å². The molecule has 1 aromatic heterocycles. The van der Waals surface area contributed by atoms with Crippen LogP contribution in [0.5, 0.6) is 0 Å². The Balaban J connectivity index is 1.47. The average Bonchev–Trinajstić information content (AvgIpc) is 3.11. The lowest BCUT2D eigenvalue weighted by Gasteiger charge is -2.09. The van der Waals surface area contributed by atoms with Gasteiger partial charge in [-0.15, -0.1) is 11.3 Å². The first-order chi connectivity index (χ1) is 9.81. The number of aromatic nitrogens is 1. The van der Waals surface area contributed by atoms with E-state index in [2.05, 4.69) is 15.6 Å². The lowest BCUT2D eigenvalue weighted by Crippen LogP contribution is -2.38. The smallest absolute Gasteiger partial charge is 0.315 e. The van der Waals surface area contributed by atoms with Gasteiger partial charge in [0.25, 0.3) is 0 Å². The van der Waals surface area contributed by atoms with Crippen LogP contribution in [0.15, 0.2) is 24.3 Å². The summed E-state index contributed by atoms with van der Waals surface area (Å²) in [7, 11) is 0. The fourth-order valence-corrected chi connectivity index (χ4v) is 3.10. The first-order valence-corrected chi connectivity index (χ1v) is 7.57. The van der Waals surface area contributed by atoms with Crippen LogP contribution in [0.2, 0.25) is 0 Å². The van der Waals surface area contributed by atoms with Crippen molar-refractivity contribution >= 4 is 27.6 Å². The van der Waals surface area contributed by atoms with Crippen molar-refractivity contribution in [2.24, 2.45) is 5.92 Å². The van der Waals surface area contributed by atoms with Gasteiger partial charge in [-0.3, -0.25) is 0 Å². The molecule has 5 nitrogen and oxygen atoms in total. The van der Waals surface area contributed by atoms with Gasteiger partial charge in [-0.05, 0) is 18.6 Å². The van der Waals surface area contributed by atoms with Crippen LogP contribution in [0.3, 0.4) is 0 Å². The Morgan fingerprint density at radius 1 is 1.40 bits per heavy atom. The lowest BCUT2D eigenvalue weighted by atomic mass is 10.1. The van der Waals surface area contributed by atoms with Crippen LogP contribution in [0, 0.1) is 5.92 Å². The predicted molar refractivity (Wildman–Crippen MR) is 78.8 cm³/mol. The normalized spacial score (nSPS) is 18.3. The number of nitrogens with zero attached hydrogens (tertiary/aromatic N) is 1. The summed E-state index contributed by atoms with van der Waals surface area (Å²) in [6.07, 6.45) is 1.03.